The molecule has 1 aromatic heterocycles. The van der Waals surface area contributed by atoms with Gasteiger partial charge in [0.05, 0.1) is 116 Å². The van der Waals surface area contributed by atoms with Gasteiger partial charge in [0.1, 0.15) is 23.9 Å². The van der Waals surface area contributed by atoms with Crippen molar-refractivity contribution in [2.75, 3.05) is 39.5 Å². The van der Waals surface area contributed by atoms with Gasteiger partial charge in [-0.15, -0.1) is 6.58 Å². The summed E-state index contributed by atoms with van der Waals surface area (Å²) in [5.41, 5.74) is 21.0. The highest BCUT2D eigenvalue weighted by Gasteiger charge is 2.43. The van der Waals surface area contributed by atoms with Crippen LogP contribution in [0.2, 0.25) is 0 Å². The van der Waals surface area contributed by atoms with Crippen LogP contribution < -0.4 is 91.7 Å². The second kappa shape index (κ2) is 62.0. The number of aliphatic hydroxyl groups is 1. The Bertz CT molecular complexity index is 4700. The molecule has 0 saturated carbocycles. The van der Waals surface area contributed by atoms with Gasteiger partial charge in [-0.25, -0.2) is 21.7 Å². The molecule has 0 aliphatic rings. The first kappa shape index (κ1) is 121. The van der Waals surface area contributed by atoms with E-state index in [0.717, 1.165) is 49.4 Å². The number of hydrazine groups is 2. The Labute approximate surface area is 819 Å². The van der Waals surface area contributed by atoms with Crippen molar-refractivity contribution >= 4 is 110 Å². The van der Waals surface area contributed by atoms with Gasteiger partial charge in [0.25, 0.3) is 0 Å². The summed E-state index contributed by atoms with van der Waals surface area (Å²) >= 11 is 0. The Kier molecular flexibility index (Phi) is 54.0. The monoisotopic (exact) mass is 1940 g/mol. The van der Waals surface area contributed by atoms with Crippen molar-refractivity contribution in [2.45, 2.75) is 354 Å². The molecule has 0 saturated heterocycles. The highest BCUT2D eigenvalue weighted by atomic mass is 16.3. The zero-order valence-corrected chi connectivity index (χ0v) is 84.5. The van der Waals surface area contributed by atoms with E-state index in [1.165, 1.54) is 46.8 Å². The molecule has 4 aromatic rings. The Morgan fingerprint density at radius 3 is 1.58 bits per heavy atom. The number of rotatable bonds is 78. The topological polar surface area (TPSA) is 579 Å². The van der Waals surface area contributed by atoms with Crippen LogP contribution in [0.4, 0.5) is 0 Å². The lowest BCUT2D eigenvalue weighted by molar-refractivity contribution is -0.142. The van der Waals surface area contributed by atoms with E-state index in [2.05, 4.69) is 98.7 Å². The molecule has 4 rings (SSSR count). The number of hydrogen-bond donors (Lipinski definition) is 20. The summed E-state index contributed by atoms with van der Waals surface area (Å²) in [7, 11) is 0. The van der Waals surface area contributed by atoms with E-state index in [0.29, 0.717) is 42.4 Å². The predicted octanol–water partition coefficient (Wildman–Crippen LogP) is 4.41. The van der Waals surface area contributed by atoms with E-state index in [4.69, 9.17) is 11.5 Å². The van der Waals surface area contributed by atoms with Crippen LogP contribution >= 0.6 is 0 Å². The van der Waals surface area contributed by atoms with Crippen LogP contribution in [0.1, 0.15) is 256 Å². The van der Waals surface area contributed by atoms with Crippen LogP contribution in [-0.2, 0) is 101 Å². The maximum atomic E-state index is 15.2. The minimum atomic E-state index is -1.73. The first-order valence-electron chi connectivity index (χ1n) is 49.1. The third-order valence-electron chi connectivity index (χ3n) is 25.1. The summed E-state index contributed by atoms with van der Waals surface area (Å²) in [5.74, 6) is -10.7. The molecule has 3 aromatic carbocycles. The first-order valence-corrected chi connectivity index (χ1v) is 49.1. The van der Waals surface area contributed by atoms with Crippen LogP contribution in [0.25, 0.3) is 10.9 Å². The molecule has 37 nitrogen and oxygen atoms in total. The average Bonchev–Trinajstić information content (AvgIpc) is 1.63. The molecular formula is C102H160N18O19. The number of fused-ring (bicyclic) bond motifs is 1. The lowest BCUT2D eigenvalue weighted by Crippen LogP contribution is -2.64. The fourth-order valence-electron chi connectivity index (χ4n) is 15.7. The number of nitrogens with one attached hydrogen (secondary N) is 16. The van der Waals surface area contributed by atoms with Crippen molar-refractivity contribution < 1.29 is 91.7 Å². The molecule has 0 unspecified atom stereocenters. The molecule has 772 valence electrons. The van der Waals surface area contributed by atoms with Gasteiger partial charge >= 0.3 is 0 Å². The van der Waals surface area contributed by atoms with Gasteiger partial charge in [-0.1, -0.05) is 153 Å². The third-order valence-corrected chi connectivity index (χ3v) is 25.1. The number of primary amides is 1. The predicted molar refractivity (Wildman–Crippen MR) is 534 cm³/mol. The highest BCUT2D eigenvalue weighted by Crippen LogP contribution is 2.27. The van der Waals surface area contributed by atoms with Gasteiger partial charge in [-0.3, -0.25) is 103 Å². The number of carbonyl (C=O) groups excluding carboxylic acids is 17. The first-order chi connectivity index (χ1) is 65.6. The maximum Gasteiger partial charge on any atom is 0.243 e. The Hall–Kier alpha value is -10.4. The summed E-state index contributed by atoms with van der Waals surface area (Å²) in [6.45, 7) is 29.5. The number of aliphatic hydroxyl groups excluding tert-OH is 1. The maximum absolute atomic E-state index is 15.2. The Morgan fingerprint density at radius 2 is 0.986 bits per heavy atom. The number of aromatic nitrogens is 1. The van der Waals surface area contributed by atoms with Crippen LogP contribution in [0, 0.1) is 11.8 Å². The molecule has 0 fully saturated rings. The quantitative estimate of drug-likeness (QED) is 0.00727. The normalized spacial score (nSPS) is 15.8. The number of allylic oxidation sites excluding steroid dienone is 1. The van der Waals surface area contributed by atoms with Crippen LogP contribution in [-0.4, -0.2) is 249 Å². The van der Waals surface area contributed by atoms with Gasteiger partial charge in [0.2, 0.25) is 41.1 Å². The lowest BCUT2D eigenvalue weighted by atomic mass is 9.86. The van der Waals surface area contributed by atoms with E-state index >= 15 is 4.79 Å². The molecule has 22 N–H and O–H groups in total. The molecule has 1 heterocycles. The zero-order chi connectivity index (χ0) is 104. The molecule has 139 heavy (non-hydrogen) atoms. The van der Waals surface area contributed by atoms with Crippen molar-refractivity contribution in [1.82, 2.24) is 85.2 Å². The number of aromatic hydroxyl groups is 1. The number of para-hydroxylation sites is 1. The molecule has 0 spiro atoms. The molecular weight excluding hydrogens is 1780 g/mol. The van der Waals surface area contributed by atoms with E-state index in [-0.39, 0.29) is 132 Å². The standard InChI is InChI=1S/C102H160N18O19/c1-18-21-24-25-32-46-101(16,119-118-80(51-71-33-27-26-28-34-71)95(135)96(136)94(69(13)121)115-98(138)81(48-62(4)5)113-70(14)122)92(133)59-107-66(10)84(125)52-87(128)79(50-72-38-40-74(123)41-39-72)117-120-102(17,55-73-57-108-76-37-30-29-35-75(73)76)91(132)54-86(127)67(11)110-61-112-78(42-43-93(104)134)97(137)114-82(49-63(6)7)99(139)116-100(15,45-31-22-19-2)90(131)53-85(126)65(9)105-47-44-83(124)64(8)109-60-111-77(36-23-20-3)89(130)58-106-68(12)88(129)56-103/h19,26-30,33-35,37-41,57,62-69,77-82,94,105-112,117-121,123H,2,18,20-25,31-32,36,42-56,58-61,103H2,1,3-17H3,(H2,104,134)(H,113,122)(H,114,137)(H,115,138)(H,116,139)/t64-,65-,66-,67-,68-,69+,77-,78-,79-,80-,81-,82-,94-,100-,101+,102-/m0/s1. The number of hydrogen-bond acceptors (Lipinski definition) is 31. The van der Waals surface area contributed by atoms with E-state index in [1.807, 2.05) is 58.9 Å². The number of H-pyrrole nitrogens is 1. The Balaban J connectivity index is 1.52. The summed E-state index contributed by atoms with van der Waals surface area (Å²) in [6, 6.07) is 9.20. The average molecular weight is 1940 g/mol. The minimum Gasteiger partial charge on any atom is -0.508 e. The number of nitrogens with two attached hydrogens (primary N) is 2. The number of phenolic OH excluding ortho intramolecular Hbond substituents is 1. The van der Waals surface area contributed by atoms with Crippen molar-refractivity contribution in [3.8, 4) is 5.75 Å². The summed E-state index contributed by atoms with van der Waals surface area (Å²) < 4.78 is 0. The number of Topliss-reactive ketones (excluding diaryl/α,β-unsaturated/α-hetero) is 12. The van der Waals surface area contributed by atoms with Crippen molar-refractivity contribution in [1.29, 1.82) is 0 Å². The fraction of sp³-hybridized carbons (Fsp3) is 0.618. The number of unbranched alkanes of at least 4 members (excludes halogenated alkanes) is 6. The highest BCUT2D eigenvalue weighted by molar-refractivity contribution is 6.41. The zero-order valence-electron chi connectivity index (χ0n) is 84.5. The number of carbonyl (C=O) groups is 17. The van der Waals surface area contributed by atoms with Gasteiger partial charge < -0.3 is 63.9 Å². The molecule has 5 amide bonds. The number of ketones is 12. The number of amides is 5. The minimum absolute atomic E-state index is 0.0127. The third kappa shape index (κ3) is 42.9. The second-order valence-corrected chi connectivity index (χ2v) is 38.4. The SMILES string of the molecule is C=CCCC[C@](C)(NC(=O)[C@H](CC(C)C)NC(=O)[C@H](CCC(N)=O)NCN[C@@H](C)C(=O)CC(=O)[C@](C)(Cc1c[nH]c2ccccc12)NN[C@@H](Cc1ccc(O)cc1)C(=O)CC(=O)[C@H](C)NCC(=O)[C@@](C)(CCCCCCC)NN[C@@H](Cc1ccccc1)C(=O)C(=O)[C@@H](NC(=O)[C@H](CC(C)C)NC(C)=O)[C@@H](C)O)C(=O)CC(=O)[C@H](C)NCCC(=O)[C@H](C)NCN[C@@H](CCCC)C(=O)CN[C@@H](C)C(=O)CN. The molecule has 0 aliphatic carbocycles. The smallest absolute Gasteiger partial charge is 0.243 e. The molecule has 37 heteroatoms. The van der Waals surface area contributed by atoms with Crippen molar-refractivity contribution in [2.24, 2.45) is 23.3 Å². The van der Waals surface area contributed by atoms with Crippen LogP contribution in [0.3, 0.4) is 0 Å². The van der Waals surface area contributed by atoms with Crippen molar-refractivity contribution in [3.05, 3.63) is 114 Å². The van der Waals surface area contributed by atoms with Gasteiger partial charge in [-0.05, 0) is 173 Å². The second-order valence-electron chi connectivity index (χ2n) is 38.4. The fourth-order valence-corrected chi connectivity index (χ4v) is 15.7. The van der Waals surface area contributed by atoms with Crippen LogP contribution in [0.15, 0.2) is 97.7 Å². The van der Waals surface area contributed by atoms with Gasteiger partial charge in [-0.2, -0.15) is 0 Å². The van der Waals surface area contributed by atoms with E-state index < -0.39 is 203 Å². The molecule has 16 atom stereocenters. The van der Waals surface area contributed by atoms with Crippen molar-refractivity contribution in [3.63, 3.8) is 0 Å². The largest absolute Gasteiger partial charge is 0.508 e. The Morgan fingerprint density at radius 1 is 0.468 bits per heavy atom. The van der Waals surface area contributed by atoms with Gasteiger partial charge in [0.15, 0.2) is 57.8 Å². The number of aromatic amines is 1. The van der Waals surface area contributed by atoms with E-state index in [9.17, 15) is 86.9 Å². The van der Waals surface area contributed by atoms with E-state index in [1.54, 1.807) is 89.4 Å². The summed E-state index contributed by atoms with van der Waals surface area (Å²) in [4.78, 5) is 240. The molecule has 0 radical (unpaired) electrons. The number of phenols is 1. The lowest BCUT2D eigenvalue weighted by Gasteiger charge is -2.33. The molecule has 0 aliphatic heterocycles. The molecule has 0 bridgehead atoms. The summed E-state index contributed by atoms with van der Waals surface area (Å²) in [5, 5.41) is 54.0. The summed E-state index contributed by atoms with van der Waals surface area (Å²) in [6.07, 6.45) is 6.60. The van der Waals surface area contributed by atoms with Crippen LogP contribution in [0.5, 0.6) is 5.75 Å². The van der Waals surface area contributed by atoms with Gasteiger partial charge in [0, 0.05) is 63.2 Å². The number of benzene rings is 3.